The van der Waals surface area contributed by atoms with E-state index in [4.69, 9.17) is 13.9 Å². The number of amides is 1. The molecule has 4 rings (SSSR count). The van der Waals surface area contributed by atoms with Crippen molar-refractivity contribution >= 4 is 21.9 Å². The maximum atomic E-state index is 12.5. The van der Waals surface area contributed by atoms with Gasteiger partial charge in [-0.2, -0.15) is 0 Å². The lowest BCUT2D eigenvalue weighted by Gasteiger charge is -2.18. The van der Waals surface area contributed by atoms with Gasteiger partial charge in [-0.05, 0) is 42.5 Å². The molecule has 0 spiro atoms. The first-order valence-electron chi connectivity index (χ1n) is 8.92. The van der Waals surface area contributed by atoms with E-state index in [0.717, 1.165) is 4.31 Å². The molecule has 1 amide bonds. The van der Waals surface area contributed by atoms with Crippen molar-refractivity contribution in [3.8, 4) is 23.0 Å². The standard InChI is InChI=1S/C19H18N4O6S/c1-23(2)30(25,26)14-6-3-12(4-7-14)18-21-22-19(29-18)20-17(24)13-5-8-15-16(11-13)28-10-9-27-15/h3-8,11H,9-10H2,1-2H3,(H,20,22,24). The van der Waals surface area contributed by atoms with Crippen LogP contribution in [-0.4, -0.2) is 56.1 Å². The van der Waals surface area contributed by atoms with Crippen molar-refractivity contribution in [3.63, 3.8) is 0 Å². The number of aromatic nitrogens is 2. The molecule has 0 saturated heterocycles. The van der Waals surface area contributed by atoms with Crippen molar-refractivity contribution in [2.75, 3.05) is 32.6 Å². The van der Waals surface area contributed by atoms with Crippen molar-refractivity contribution in [1.82, 2.24) is 14.5 Å². The number of rotatable bonds is 5. The molecule has 11 heteroatoms. The molecule has 156 valence electrons. The Bertz CT molecular complexity index is 1190. The van der Waals surface area contributed by atoms with Gasteiger partial charge in [-0.25, -0.2) is 12.7 Å². The zero-order valence-electron chi connectivity index (χ0n) is 16.2. The average molecular weight is 430 g/mol. The summed E-state index contributed by atoms with van der Waals surface area (Å²) in [6.07, 6.45) is 0. The highest BCUT2D eigenvalue weighted by atomic mass is 32.2. The smallest absolute Gasteiger partial charge is 0.322 e. The fourth-order valence-corrected chi connectivity index (χ4v) is 3.63. The van der Waals surface area contributed by atoms with Crippen LogP contribution in [0.15, 0.2) is 51.8 Å². The molecule has 1 aliphatic heterocycles. The van der Waals surface area contributed by atoms with E-state index in [1.165, 1.54) is 26.2 Å². The number of benzene rings is 2. The number of hydrogen-bond donors (Lipinski definition) is 1. The largest absolute Gasteiger partial charge is 0.486 e. The van der Waals surface area contributed by atoms with Crippen LogP contribution in [0.25, 0.3) is 11.5 Å². The van der Waals surface area contributed by atoms with E-state index < -0.39 is 15.9 Å². The third kappa shape index (κ3) is 3.84. The Hall–Kier alpha value is -3.44. The average Bonchev–Trinajstić information content (AvgIpc) is 3.21. The molecule has 1 N–H and O–H groups in total. The zero-order chi connectivity index (χ0) is 21.3. The van der Waals surface area contributed by atoms with E-state index in [-0.39, 0.29) is 16.8 Å². The number of nitrogens with zero attached hydrogens (tertiary/aromatic N) is 3. The molecule has 3 aromatic rings. The van der Waals surface area contributed by atoms with Gasteiger partial charge in [0.1, 0.15) is 13.2 Å². The number of carbonyl (C=O) groups excluding carboxylic acids is 1. The van der Waals surface area contributed by atoms with E-state index in [0.29, 0.717) is 35.8 Å². The van der Waals surface area contributed by atoms with Gasteiger partial charge in [-0.1, -0.05) is 5.10 Å². The van der Waals surface area contributed by atoms with E-state index >= 15 is 0 Å². The summed E-state index contributed by atoms with van der Waals surface area (Å²) < 4.78 is 41.8. The van der Waals surface area contributed by atoms with E-state index in [2.05, 4.69) is 15.5 Å². The maximum Gasteiger partial charge on any atom is 0.322 e. The van der Waals surface area contributed by atoms with E-state index in [1.54, 1.807) is 30.3 Å². The minimum atomic E-state index is -3.53. The van der Waals surface area contributed by atoms with Crippen LogP contribution >= 0.6 is 0 Å². The van der Waals surface area contributed by atoms with Gasteiger partial charge in [0.25, 0.3) is 5.91 Å². The molecular formula is C19H18N4O6S. The summed E-state index contributed by atoms with van der Waals surface area (Å²) in [6, 6.07) is 10.7. The summed E-state index contributed by atoms with van der Waals surface area (Å²) >= 11 is 0. The van der Waals surface area contributed by atoms with Crippen molar-refractivity contribution < 1.29 is 27.1 Å². The molecule has 2 aromatic carbocycles. The Balaban J connectivity index is 1.48. The number of carbonyl (C=O) groups is 1. The lowest BCUT2D eigenvalue weighted by molar-refractivity contribution is 0.102. The van der Waals surface area contributed by atoms with Crippen LogP contribution in [0.5, 0.6) is 11.5 Å². The van der Waals surface area contributed by atoms with E-state index in [1.807, 2.05) is 0 Å². The van der Waals surface area contributed by atoms with Crippen molar-refractivity contribution in [2.24, 2.45) is 0 Å². The third-order valence-corrected chi connectivity index (χ3v) is 6.16. The summed E-state index contributed by atoms with van der Waals surface area (Å²) in [5.41, 5.74) is 0.859. The number of fused-ring (bicyclic) bond motifs is 1. The predicted molar refractivity (Wildman–Crippen MR) is 106 cm³/mol. The van der Waals surface area contributed by atoms with Crippen LogP contribution in [0.3, 0.4) is 0 Å². The van der Waals surface area contributed by atoms with Crippen LogP contribution < -0.4 is 14.8 Å². The molecule has 0 fully saturated rings. The summed E-state index contributed by atoms with van der Waals surface area (Å²) in [6.45, 7) is 0.880. The number of anilines is 1. The minimum Gasteiger partial charge on any atom is -0.486 e. The summed E-state index contributed by atoms with van der Waals surface area (Å²) in [4.78, 5) is 12.6. The molecule has 0 saturated carbocycles. The van der Waals surface area contributed by atoms with Gasteiger partial charge in [0.15, 0.2) is 11.5 Å². The first-order chi connectivity index (χ1) is 14.3. The fraction of sp³-hybridized carbons (Fsp3) is 0.211. The summed E-state index contributed by atoms with van der Waals surface area (Å²) in [5, 5.41) is 10.2. The van der Waals surface area contributed by atoms with Crippen LogP contribution in [-0.2, 0) is 10.0 Å². The van der Waals surface area contributed by atoms with Gasteiger partial charge >= 0.3 is 6.01 Å². The minimum absolute atomic E-state index is 0.0881. The first kappa shape index (κ1) is 19.9. The zero-order valence-corrected chi connectivity index (χ0v) is 17.0. The number of hydrogen-bond acceptors (Lipinski definition) is 8. The van der Waals surface area contributed by atoms with Gasteiger partial charge in [-0.15, -0.1) is 5.10 Å². The molecule has 0 unspecified atom stereocenters. The van der Waals surface area contributed by atoms with Crippen molar-refractivity contribution in [2.45, 2.75) is 4.90 Å². The van der Waals surface area contributed by atoms with Crippen LogP contribution in [0, 0.1) is 0 Å². The molecular weight excluding hydrogens is 412 g/mol. The Kier molecular flexibility index (Phi) is 5.14. The number of nitrogens with one attached hydrogen (secondary N) is 1. The van der Waals surface area contributed by atoms with Gasteiger partial charge in [0.05, 0.1) is 4.90 Å². The Labute approximate surface area is 172 Å². The highest BCUT2D eigenvalue weighted by Gasteiger charge is 2.19. The second-order valence-corrected chi connectivity index (χ2v) is 8.69. The molecule has 0 aliphatic carbocycles. The second kappa shape index (κ2) is 7.76. The Morgan fingerprint density at radius 3 is 2.40 bits per heavy atom. The van der Waals surface area contributed by atoms with Crippen LogP contribution in [0.1, 0.15) is 10.4 Å². The van der Waals surface area contributed by atoms with Gasteiger partial charge in [0.2, 0.25) is 15.9 Å². The highest BCUT2D eigenvalue weighted by molar-refractivity contribution is 7.89. The third-order valence-electron chi connectivity index (χ3n) is 4.33. The molecule has 1 aliphatic rings. The second-order valence-electron chi connectivity index (χ2n) is 6.54. The van der Waals surface area contributed by atoms with Crippen molar-refractivity contribution in [1.29, 1.82) is 0 Å². The molecule has 30 heavy (non-hydrogen) atoms. The molecule has 0 bridgehead atoms. The predicted octanol–water partition coefficient (Wildman–Crippen LogP) is 2.01. The first-order valence-corrected chi connectivity index (χ1v) is 10.4. The monoisotopic (exact) mass is 430 g/mol. The van der Waals surface area contributed by atoms with Gasteiger partial charge < -0.3 is 13.9 Å². The fourth-order valence-electron chi connectivity index (χ4n) is 2.72. The Morgan fingerprint density at radius 2 is 1.70 bits per heavy atom. The van der Waals surface area contributed by atoms with Crippen molar-refractivity contribution in [3.05, 3.63) is 48.0 Å². The maximum absolute atomic E-state index is 12.5. The van der Waals surface area contributed by atoms with Crippen LogP contribution in [0.4, 0.5) is 6.01 Å². The number of sulfonamides is 1. The quantitative estimate of drug-likeness (QED) is 0.652. The summed E-state index contributed by atoms with van der Waals surface area (Å²) in [7, 11) is -0.621. The molecule has 10 nitrogen and oxygen atoms in total. The Morgan fingerprint density at radius 1 is 1.00 bits per heavy atom. The normalized spacial score (nSPS) is 13.3. The lowest BCUT2D eigenvalue weighted by Crippen LogP contribution is -2.22. The van der Waals surface area contributed by atoms with Gasteiger partial charge in [0, 0.05) is 25.2 Å². The van der Waals surface area contributed by atoms with Crippen LogP contribution in [0.2, 0.25) is 0 Å². The molecule has 0 radical (unpaired) electrons. The highest BCUT2D eigenvalue weighted by Crippen LogP contribution is 2.31. The topological polar surface area (TPSA) is 124 Å². The lowest BCUT2D eigenvalue weighted by atomic mass is 10.2. The summed E-state index contributed by atoms with van der Waals surface area (Å²) in [5.74, 6) is 0.765. The SMILES string of the molecule is CN(C)S(=O)(=O)c1ccc(-c2nnc(NC(=O)c3ccc4c(c3)OCCO4)o2)cc1. The van der Waals surface area contributed by atoms with E-state index in [9.17, 15) is 13.2 Å². The molecule has 1 aromatic heterocycles. The number of ether oxygens (including phenoxy) is 2. The molecule has 2 heterocycles. The molecule has 0 atom stereocenters. The van der Waals surface area contributed by atoms with Gasteiger partial charge in [-0.3, -0.25) is 10.1 Å².